The minimum Gasteiger partial charge on any atom is -0.460 e. The Bertz CT molecular complexity index is 837. The summed E-state index contributed by atoms with van der Waals surface area (Å²) in [5.41, 5.74) is -2.27. The van der Waals surface area contributed by atoms with Gasteiger partial charge in [-0.1, -0.05) is 12.1 Å². The zero-order valence-electron chi connectivity index (χ0n) is 16.7. The van der Waals surface area contributed by atoms with Gasteiger partial charge in [0.15, 0.2) is 0 Å². The highest BCUT2D eigenvalue weighted by Gasteiger charge is 2.57. The topological polar surface area (TPSA) is 76.1 Å². The summed E-state index contributed by atoms with van der Waals surface area (Å²) >= 11 is 2.66. The lowest BCUT2D eigenvalue weighted by Gasteiger charge is -2.58. The van der Waals surface area contributed by atoms with Gasteiger partial charge in [0.1, 0.15) is 11.7 Å². The number of likely N-dealkylation sites (tertiary alicyclic amines) is 1. The van der Waals surface area contributed by atoms with Crippen LogP contribution in [0.4, 0.5) is 4.79 Å². The molecule has 2 aromatic rings. The number of carbonyl (C=O) groups excluding carboxylic acids is 2. The zero-order chi connectivity index (χ0) is 20.9. The Morgan fingerprint density at radius 1 is 1.10 bits per heavy atom. The molecule has 1 N–H and O–H groups in total. The van der Waals surface area contributed by atoms with Gasteiger partial charge in [-0.05, 0) is 56.5 Å². The fraction of sp³-hybridized carbons (Fsp3) is 0.524. The van der Waals surface area contributed by atoms with E-state index in [1.807, 2.05) is 43.7 Å². The maximum Gasteiger partial charge on any atom is 0.410 e. The van der Waals surface area contributed by atoms with E-state index in [4.69, 9.17) is 9.47 Å². The van der Waals surface area contributed by atoms with E-state index < -0.39 is 17.2 Å². The summed E-state index contributed by atoms with van der Waals surface area (Å²) in [6.45, 7) is 6.79. The summed E-state index contributed by atoms with van der Waals surface area (Å²) in [7, 11) is 0. The van der Waals surface area contributed by atoms with E-state index in [-0.39, 0.29) is 17.6 Å². The quantitative estimate of drug-likeness (QED) is 0.735. The van der Waals surface area contributed by atoms with Gasteiger partial charge in [-0.2, -0.15) is 0 Å². The van der Waals surface area contributed by atoms with Crippen LogP contribution >= 0.6 is 22.7 Å². The monoisotopic (exact) mass is 435 g/mol. The van der Waals surface area contributed by atoms with Crippen molar-refractivity contribution < 1.29 is 24.2 Å². The van der Waals surface area contributed by atoms with Crippen LogP contribution in [0, 0.1) is 5.41 Å². The van der Waals surface area contributed by atoms with Crippen LogP contribution in [0.1, 0.15) is 43.4 Å². The molecule has 2 aliphatic rings. The fourth-order valence-electron chi connectivity index (χ4n) is 3.99. The molecule has 4 rings (SSSR count). The van der Waals surface area contributed by atoms with Gasteiger partial charge in [0.05, 0.1) is 9.75 Å². The lowest BCUT2D eigenvalue weighted by Crippen LogP contribution is -2.66. The van der Waals surface area contributed by atoms with Crippen molar-refractivity contribution in [2.75, 3.05) is 13.1 Å². The molecular formula is C21H25NO5S2. The van der Waals surface area contributed by atoms with Crippen LogP contribution in [0.15, 0.2) is 35.0 Å². The minimum atomic E-state index is -1.77. The van der Waals surface area contributed by atoms with Crippen LogP contribution in [-0.4, -0.2) is 46.9 Å². The highest BCUT2D eigenvalue weighted by molar-refractivity contribution is 7.12. The Balaban J connectivity index is 1.35. The Morgan fingerprint density at radius 3 is 2.10 bits per heavy atom. The molecule has 156 valence electrons. The molecule has 2 fully saturated rings. The second-order valence-electron chi connectivity index (χ2n) is 8.94. The second-order valence-corrected chi connectivity index (χ2v) is 10.8. The van der Waals surface area contributed by atoms with Gasteiger partial charge in [0.25, 0.3) is 0 Å². The highest BCUT2D eigenvalue weighted by Crippen LogP contribution is 2.50. The zero-order valence-corrected chi connectivity index (χ0v) is 18.3. The van der Waals surface area contributed by atoms with E-state index in [0.29, 0.717) is 35.7 Å². The number of ether oxygens (including phenoxy) is 2. The molecule has 1 aliphatic heterocycles. The first kappa shape index (κ1) is 20.4. The fourth-order valence-corrected chi connectivity index (χ4v) is 5.71. The third kappa shape index (κ3) is 3.81. The summed E-state index contributed by atoms with van der Waals surface area (Å²) < 4.78 is 11.1. The number of rotatable bonds is 4. The van der Waals surface area contributed by atoms with Gasteiger partial charge in [-0.3, -0.25) is 0 Å². The van der Waals surface area contributed by atoms with Crippen LogP contribution in [0.3, 0.4) is 0 Å². The van der Waals surface area contributed by atoms with Crippen LogP contribution in [0.2, 0.25) is 0 Å². The second kappa shape index (κ2) is 7.11. The average Bonchev–Trinajstić information content (AvgIpc) is 3.26. The molecule has 6 nitrogen and oxygen atoms in total. The molecule has 0 unspecified atom stereocenters. The molecule has 1 saturated heterocycles. The predicted octanol–water partition coefficient (Wildman–Crippen LogP) is 3.99. The van der Waals surface area contributed by atoms with Gasteiger partial charge in [0.2, 0.25) is 5.60 Å². The van der Waals surface area contributed by atoms with Gasteiger partial charge in [-0.25, -0.2) is 9.59 Å². The van der Waals surface area contributed by atoms with Gasteiger partial charge in [0, 0.05) is 18.5 Å². The Labute approximate surface area is 178 Å². The first-order chi connectivity index (χ1) is 13.6. The van der Waals surface area contributed by atoms with Gasteiger partial charge >= 0.3 is 12.1 Å². The molecule has 29 heavy (non-hydrogen) atoms. The minimum absolute atomic E-state index is 0.00578. The molecular weight excluding hydrogens is 410 g/mol. The molecule has 2 aromatic heterocycles. The van der Waals surface area contributed by atoms with Crippen molar-refractivity contribution in [3.05, 3.63) is 44.8 Å². The molecule has 1 saturated carbocycles. The maximum absolute atomic E-state index is 13.0. The normalized spacial score (nSPS) is 18.8. The molecule has 8 heteroatoms. The molecule has 1 amide bonds. The summed E-state index contributed by atoms with van der Waals surface area (Å²) in [5, 5.41) is 14.9. The third-order valence-electron chi connectivity index (χ3n) is 5.35. The molecule has 0 aromatic carbocycles. The standard InChI is InChI=1S/C21H25NO5S2/c1-19(2,3)27-18(24)22-12-20(13-22)10-14(11-20)26-17(23)21(25,15-6-4-8-28-15)16-7-5-9-29-16/h4-9,14,25H,10-13H2,1-3H3. The number of esters is 1. The number of hydrogen-bond acceptors (Lipinski definition) is 7. The van der Waals surface area contributed by atoms with E-state index in [1.165, 1.54) is 22.7 Å². The number of hydrogen-bond donors (Lipinski definition) is 1. The van der Waals surface area contributed by atoms with Gasteiger partial charge < -0.3 is 19.5 Å². The highest BCUT2D eigenvalue weighted by atomic mass is 32.1. The van der Waals surface area contributed by atoms with Crippen LogP contribution < -0.4 is 0 Å². The van der Waals surface area contributed by atoms with Crippen LogP contribution in [0.25, 0.3) is 0 Å². The van der Waals surface area contributed by atoms with E-state index >= 15 is 0 Å². The first-order valence-electron chi connectivity index (χ1n) is 9.61. The van der Waals surface area contributed by atoms with Gasteiger partial charge in [-0.15, -0.1) is 22.7 Å². The first-order valence-corrected chi connectivity index (χ1v) is 11.4. The number of thiophene rings is 2. The summed E-state index contributed by atoms with van der Waals surface area (Å²) in [5.74, 6) is -0.634. The Kier molecular flexibility index (Phi) is 4.99. The number of amides is 1. The average molecular weight is 436 g/mol. The van der Waals surface area contributed by atoms with Crippen LogP contribution in [0.5, 0.6) is 0 Å². The molecule has 1 aliphatic carbocycles. The molecule has 3 heterocycles. The van der Waals surface area contributed by atoms with Crippen molar-refractivity contribution in [3.8, 4) is 0 Å². The Hall–Kier alpha value is -1.90. The predicted molar refractivity (Wildman–Crippen MR) is 111 cm³/mol. The van der Waals surface area contributed by atoms with Crippen LogP contribution in [-0.2, 0) is 19.9 Å². The van der Waals surface area contributed by atoms with Crippen molar-refractivity contribution in [1.29, 1.82) is 0 Å². The van der Waals surface area contributed by atoms with E-state index in [1.54, 1.807) is 17.0 Å². The largest absolute Gasteiger partial charge is 0.460 e. The van der Waals surface area contributed by atoms with Crippen molar-refractivity contribution in [3.63, 3.8) is 0 Å². The summed E-state index contributed by atoms with van der Waals surface area (Å²) in [4.78, 5) is 27.9. The van der Waals surface area contributed by atoms with Crippen molar-refractivity contribution >= 4 is 34.7 Å². The van der Waals surface area contributed by atoms with Crippen molar-refractivity contribution in [2.45, 2.75) is 50.9 Å². The number of carbonyl (C=O) groups is 2. The van der Waals surface area contributed by atoms with E-state index in [9.17, 15) is 14.7 Å². The summed E-state index contributed by atoms with van der Waals surface area (Å²) in [6.07, 6.45) is 0.856. The molecule has 1 spiro atoms. The van der Waals surface area contributed by atoms with Crippen molar-refractivity contribution in [1.82, 2.24) is 4.90 Å². The number of aliphatic hydroxyl groups is 1. The molecule has 0 bridgehead atoms. The lowest BCUT2D eigenvalue weighted by molar-refractivity contribution is -0.189. The smallest absolute Gasteiger partial charge is 0.410 e. The van der Waals surface area contributed by atoms with E-state index in [0.717, 1.165) is 0 Å². The third-order valence-corrected chi connectivity index (χ3v) is 7.31. The summed E-state index contributed by atoms with van der Waals surface area (Å²) in [6, 6.07) is 7.12. The molecule has 0 radical (unpaired) electrons. The lowest BCUT2D eigenvalue weighted by atomic mass is 9.62. The Morgan fingerprint density at radius 2 is 1.66 bits per heavy atom. The SMILES string of the molecule is CC(C)(C)OC(=O)N1CC2(CC(OC(=O)C(O)(c3cccs3)c3cccs3)C2)C1. The maximum atomic E-state index is 13.0. The molecule has 0 atom stereocenters. The number of nitrogens with zero attached hydrogens (tertiary/aromatic N) is 1. The van der Waals surface area contributed by atoms with E-state index in [2.05, 4.69) is 0 Å². The van der Waals surface area contributed by atoms with Crippen molar-refractivity contribution in [2.24, 2.45) is 5.41 Å².